The molecule has 2 nitrogen and oxygen atoms in total. The van der Waals surface area contributed by atoms with Crippen molar-refractivity contribution in [1.29, 1.82) is 0 Å². The average molecular weight is 263 g/mol. The van der Waals surface area contributed by atoms with Crippen molar-refractivity contribution in [3.8, 4) is 0 Å². The molecule has 1 rings (SSSR count). The fourth-order valence-corrected chi connectivity index (χ4v) is 2.46. The van der Waals surface area contributed by atoms with Crippen LogP contribution >= 0.6 is 27.3 Å². The first-order valence-electron chi connectivity index (χ1n) is 4.48. The van der Waals surface area contributed by atoms with Crippen LogP contribution in [0.15, 0.2) is 15.9 Å². The summed E-state index contributed by atoms with van der Waals surface area (Å²) in [6.07, 6.45) is 0. The number of likely N-dealkylation sites (N-methyl/N-ethyl adjacent to an activating group) is 1. The molecule has 0 spiro atoms. The van der Waals surface area contributed by atoms with Crippen molar-refractivity contribution < 1.29 is 0 Å². The molecule has 0 aliphatic rings. The van der Waals surface area contributed by atoms with Crippen LogP contribution in [-0.2, 0) is 6.54 Å². The molecular formula is C9H15BrN2S. The van der Waals surface area contributed by atoms with Crippen molar-refractivity contribution in [1.82, 2.24) is 10.6 Å². The number of thiophene rings is 1. The zero-order valence-corrected chi connectivity index (χ0v) is 10.2. The van der Waals surface area contributed by atoms with Crippen LogP contribution in [0.5, 0.6) is 0 Å². The summed E-state index contributed by atoms with van der Waals surface area (Å²) in [7, 11) is 0. The smallest absolute Gasteiger partial charge is 0.0701 e. The van der Waals surface area contributed by atoms with Crippen LogP contribution < -0.4 is 10.6 Å². The predicted molar refractivity (Wildman–Crippen MR) is 62.3 cm³/mol. The lowest BCUT2D eigenvalue weighted by Gasteiger charge is -2.02. The topological polar surface area (TPSA) is 24.1 Å². The third-order valence-electron chi connectivity index (χ3n) is 1.66. The standard InChI is InChI=1S/C9H15BrN2S/c1-2-11-5-6-12-7-8-3-4-9(10)13-8/h3-4,11-12H,2,5-7H2,1H3. The Bertz CT molecular complexity index is 237. The van der Waals surface area contributed by atoms with E-state index in [2.05, 4.69) is 45.6 Å². The molecule has 0 unspecified atom stereocenters. The highest BCUT2D eigenvalue weighted by molar-refractivity contribution is 9.11. The van der Waals surface area contributed by atoms with E-state index in [4.69, 9.17) is 0 Å². The van der Waals surface area contributed by atoms with Gasteiger partial charge in [0.05, 0.1) is 3.79 Å². The lowest BCUT2D eigenvalue weighted by molar-refractivity contribution is 0.628. The molecule has 0 saturated carbocycles. The fraction of sp³-hybridized carbons (Fsp3) is 0.556. The molecule has 1 aromatic rings. The maximum absolute atomic E-state index is 3.44. The number of halogens is 1. The Morgan fingerprint density at radius 3 is 2.69 bits per heavy atom. The second kappa shape index (κ2) is 6.54. The summed E-state index contributed by atoms with van der Waals surface area (Å²) in [6.45, 7) is 6.22. The van der Waals surface area contributed by atoms with Gasteiger partial charge in [-0.05, 0) is 34.6 Å². The van der Waals surface area contributed by atoms with E-state index >= 15 is 0 Å². The molecule has 0 saturated heterocycles. The zero-order chi connectivity index (χ0) is 9.52. The highest BCUT2D eigenvalue weighted by Gasteiger charge is 1.95. The van der Waals surface area contributed by atoms with E-state index in [-0.39, 0.29) is 0 Å². The van der Waals surface area contributed by atoms with Crippen LogP contribution in [0, 0.1) is 0 Å². The Morgan fingerprint density at radius 1 is 1.31 bits per heavy atom. The summed E-state index contributed by atoms with van der Waals surface area (Å²) < 4.78 is 1.20. The van der Waals surface area contributed by atoms with Crippen LogP contribution in [0.25, 0.3) is 0 Å². The van der Waals surface area contributed by atoms with E-state index in [0.29, 0.717) is 0 Å². The minimum Gasteiger partial charge on any atom is -0.316 e. The molecule has 0 atom stereocenters. The quantitative estimate of drug-likeness (QED) is 0.769. The summed E-state index contributed by atoms with van der Waals surface area (Å²) in [6, 6.07) is 4.24. The molecular weight excluding hydrogens is 248 g/mol. The van der Waals surface area contributed by atoms with Gasteiger partial charge in [-0.15, -0.1) is 11.3 Å². The molecule has 74 valence electrons. The highest BCUT2D eigenvalue weighted by Crippen LogP contribution is 2.21. The first-order chi connectivity index (χ1) is 6.33. The summed E-state index contributed by atoms with van der Waals surface area (Å²) >= 11 is 5.23. The van der Waals surface area contributed by atoms with Gasteiger partial charge in [0, 0.05) is 24.5 Å². The molecule has 0 amide bonds. The number of hydrogen-bond donors (Lipinski definition) is 2. The molecule has 1 aromatic heterocycles. The molecule has 2 N–H and O–H groups in total. The van der Waals surface area contributed by atoms with E-state index in [1.165, 1.54) is 8.66 Å². The van der Waals surface area contributed by atoms with Gasteiger partial charge >= 0.3 is 0 Å². The van der Waals surface area contributed by atoms with Crippen LogP contribution in [0.1, 0.15) is 11.8 Å². The minimum atomic E-state index is 0.974. The van der Waals surface area contributed by atoms with E-state index in [9.17, 15) is 0 Å². The molecule has 0 bridgehead atoms. The van der Waals surface area contributed by atoms with Crippen molar-refractivity contribution >= 4 is 27.3 Å². The highest BCUT2D eigenvalue weighted by atomic mass is 79.9. The van der Waals surface area contributed by atoms with Gasteiger partial charge in [-0.2, -0.15) is 0 Å². The normalized spacial score (nSPS) is 10.6. The summed E-state index contributed by atoms with van der Waals surface area (Å²) in [4.78, 5) is 1.38. The van der Waals surface area contributed by atoms with Crippen molar-refractivity contribution in [2.24, 2.45) is 0 Å². The third kappa shape index (κ3) is 4.76. The lowest BCUT2D eigenvalue weighted by atomic mass is 10.4. The maximum atomic E-state index is 3.44. The Labute approximate surface area is 91.9 Å². The molecule has 0 aliphatic heterocycles. The Hall–Kier alpha value is 0.1000. The van der Waals surface area contributed by atoms with E-state index in [1.54, 1.807) is 11.3 Å². The van der Waals surface area contributed by atoms with E-state index in [0.717, 1.165) is 26.2 Å². The molecule has 4 heteroatoms. The van der Waals surface area contributed by atoms with Gasteiger partial charge < -0.3 is 10.6 Å². The largest absolute Gasteiger partial charge is 0.316 e. The van der Waals surface area contributed by atoms with Gasteiger partial charge in [0.1, 0.15) is 0 Å². The molecule has 0 aromatic carbocycles. The average Bonchev–Trinajstić information content (AvgIpc) is 2.51. The molecule has 0 radical (unpaired) electrons. The Kier molecular flexibility index (Phi) is 5.62. The molecule has 13 heavy (non-hydrogen) atoms. The third-order valence-corrected chi connectivity index (χ3v) is 3.28. The lowest BCUT2D eigenvalue weighted by Crippen LogP contribution is -2.26. The number of hydrogen-bond acceptors (Lipinski definition) is 3. The summed E-state index contributed by atoms with van der Waals surface area (Å²) in [5, 5.41) is 6.65. The van der Waals surface area contributed by atoms with Crippen LogP contribution in [0.2, 0.25) is 0 Å². The maximum Gasteiger partial charge on any atom is 0.0701 e. The number of rotatable bonds is 6. The minimum absolute atomic E-state index is 0.974. The number of nitrogens with one attached hydrogen (secondary N) is 2. The van der Waals surface area contributed by atoms with Crippen molar-refractivity contribution in [3.63, 3.8) is 0 Å². The van der Waals surface area contributed by atoms with Gasteiger partial charge in [0.2, 0.25) is 0 Å². The summed E-state index contributed by atoms with van der Waals surface area (Å²) in [5.74, 6) is 0. The van der Waals surface area contributed by atoms with E-state index in [1.807, 2.05) is 0 Å². The van der Waals surface area contributed by atoms with Gasteiger partial charge in [-0.1, -0.05) is 6.92 Å². The van der Waals surface area contributed by atoms with Gasteiger partial charge in [-0.25, -0.2) is 0 Å². The second-order valence-corrected chi connectivity index (χ2v) is 5.28. The van der Waals surface area contributed by atoms with Crippen LogP contribution in [0.4, 0.5) is 0 Å². The molecule has 0 aliphatic carbocycles. The van der Waals surface area contributed by atoms with Crippen molar-refractivity contribution in [3.05, 3.63) is 20.8 Å². The van der Waals surface area contributed by atoms with Crippen LogP contribution in [-0.4, -0.2) is 19.6 Å². The van der Waals surface area contributed by atoms with Gasteiger partial charge in [0.25, 0.3) is 0 Å². The SMILES string of the molecule is CCNCCNCc1ccc(Br)s1. The van der Waals surface area contributed by atoms with Gasteiger partial charge in [-0.3, -0.25) is 0 Å². The second-order valence-electron chi connectivity index (χ2n) is 2.74. The monoisotopic (exact) mass is 262 g/mol. The molecule has 1 heterocycles. The first kappa shape index (κ1) is 11.2. The van der Waals surface area contributed by atoms with Crippen molar-refractivity contribution in [2.75, 3.05) is 19.6 Å². The van der Waals surface area contributed by atoms with Crippen LogP contribution in [0.3, 0.4) is 0 Å². The van der Waals surface area contributed by atoms with Crippen molar-refractivity contribution in [2.45, 2.75) is 13.5 Å². The predicted octanol–water partition coefficient (Wildman–Crippen LogP) is 2.21. The molecule has 0 fully saturated rings. The fourth-order valence-electron chi connectivity index (χ4n) is 1.01. The Morgan fingerprint density at radius 2 is 2.08 bits per heavy atom. The summed E-state index contributed by atoms with van der Waals surface area (Å²) in [5.41, 5.74) is 0. The Balaban J connectivity index is 2.06. The first-order valence-corrected chi connectivity index (χ1v) is 6.09. The zero-order valence-electron chi connectivity index (χ0n) is 7.77. The van der Waals surface area contributed by atoms with Gasteiger partial charge in [0.15, 0.2) is 0 Å². The van der Waals surface area contributed by atoms with E-state index < -0.39 is 0 Å².